The minimum Gasteiger partial charge on any atom is -0.559 e. The van der Waals surface area contributed by atoms with Crippen LogP contribution in [-0.2, 0) is 27.4 Å². The summed E-state index contributed by atoms with van der Waals surface area (Å²) >= 11 is 4.08. The van der Waals surface area contributed by atoms with Gasteiger partial charge in [0, 0.05) is 39.0 Å². The first-order chi connectivity index (χ1) is 19.3. The van der Waals surface area contributed by atoms with Gasteiger partial charge >= 0.3 is 6.18 Å². The maximum atomic E-state index is 13.5. The Hall–Kier alpha value is -1.22. The van der Waals surface area contributed by atoms with Crippen LogP contribution in [0.25, 0.3) is 0 Å². The third-order valence-electron chi connectivity index (χ3n) is 10.2. The Labute approximate surface area is 259 Å². The molecule has 1 aliphatic heterocycles. The molecule has 2 heterocycles. The Morgan fingerprint density at radius 3 is 2.24 bits per heavy atom. The summed E-state index contributed by atoms with van der Waals surface area (Å²) in [5, 5.41) is 0.0446. The highest BCUT2D eigenvalue weighted by Crippen LogP contribution is 2.61. The molecule has 1 saturated carbocycles. The van der Waals surface area contributed by atoms with E-state index < -0.39 is 31.8 Å². The molecule has 233 valence electrons. The normalized spacial score (nSPS) is 27.8. The molecule has 0 radical (unpaired) electrons. The molecule has 2 aromatic rings. The Bertz CT molecular complexity index is 1330. The molecule has 0 N–H and O–H groups in total. The molecule has 1 aromatic carbocycles. The quantitative estimate of drug-likeness (QED) is 0.240. The van der Waals surface area contributed by atoms with Crippen molar-refractivity contribution < 1.29 is 22.3 Å². The molecule has 3 nitrogen and oxygen atoms in total. The molecule has 0 saturated heterocycles. The zero-order valence-corrected chi connectivity index (χ0v) is 29.2. The smallest absolute Gasteiger partial charge is 0.416 e. The van der Waals surface area contributed by atoms with Crippen molar-refractivity contribution in [1.29, 1.82) is 0 Å². The first-order valence-corrected chi connectivity index (χ1v) is 19.3. The van der Waals surface area contributed by atoms with Gasteiger partial charge in [0.15, 0.2) is 0 Å². The summed E-state index contributed by atoms with van der Waals surface area (Å²) in [5.74, 6) is 0.127. The predicted molar refractivity (Wildman–Crippen MR) is 169 cm³/mol. The van der Waals surface area contributed by atoms with E-state index in [1.54, 1.807) is 12.1 Å². The van der Waals surface area contributed by atoms with Gasteiger partial charge in [0.05, 0.1) is 5.56 Å². The van der Waals surface area contributed by atoms with Crippen LogP contribution in [0.1, 0.15) is 138 Å². The van der Waals surface area contributed by atoms with Gasteiger partial charge in [-0.15, -0.1) is 18.1 Å². The van der Waals surface area contributed by atoms with Crippen molar-refractivity contribution in [2.24, 2.45) is 5.41 Å². The Morgan fingerprint density at radius 1 is 1.05 bits per heavy atom. The van der Waals surface area contributed by atoms with Crippen molar-refractivity contribution in [3.8, 4) is 0 Å². The van der Waals surface area contributed by atoms with Gasteiger partial charge in [-0.2, -0.15) is 13.2 Å². The first-order valence-electron chi connectivity index (χ1n) is 15.5. The summed E-state index contributed by atoms with van der Waals surface area (Å²) in [6.45, 7) is 20.4. The van der Waals surface area contributed by atoms with E-state index in [4.69, 9.17) is 14.1 Å². The van der Waals surface area contributed by atoms with Gasteiger partial charge in [-0.05, 0) is 63.0 Å². The number of hydrogen-bond donors (Lipinski definition) is 0. The van der Waals surface area contributed by atoms with Gasteiger partial charge < -0.3 is 9.16 Å². The summed E-state index contributed by atoms with van der Waals surface area (Å²) in [6.07, 6.45) is 0.764. The molecular weight excluding hydrogens is 619 g/mol. The number of aromatic nitrogens is 1. The highest BCUT2D eigenvalue weighted by atomic mass is 79.9. The number of nitrogens with zero attached hydrogens (tertiary/aromatic N) is 1. The average molecular weight is 667 g/mol. The monoisotopic (exact) mass is 665 g/mol. The molecule has 4 atom stereocenters. The van der Waals surface area contributed by atoms with Crippen molar-refractivity contribution in [2.75, 3.05) is 0 Å². The minimum atomic E-state index is -4.39. The van der Waals surface area contributed by atoms with Crippen LogP contribution in [0.5, 0.6) is 0 Å². The van der Waals surface area contributed by atoms with Crippen LogP contribution < -0.4 is 0 Å². The zero-order valence-electron chi connectivity index (χ0n) is 26.6. The van der Waals surface area contributed by atoms with Crippen molar-refractivity contribution in [2.45, 2.75) is 140 Å². The standard InChI is InChI=1S/C34H47BrF3NO2Si/c1-20(2)29-27-28(26-23(39-29)18-32(6,7)19-24(26)41-42(8,9)31(3,4)5)33(17-11-10-12-25(33)35)40-30(27)21-13-15-22(16-14-21)34(36,37)38/h13-16,20,24-25,30H,10-12,17-19H2,1-9H3/q-1/t24-,25?,30+,33?/m0/s1. The number of hydrogen-bond acceptors (Lipinski definition) is 3. The van der Waals surface area contributed by atoms with Gasteiger partial charge in [-0.3, -0.25) is 4.98 Å². The lowest BCUT2D eigenvalue weighted by molar-refractivity contribution is -0.137. The number of alkyl halides is 4. The van der Waals surface area contributed by atoms with Crippen LogP contribution in [0.4, 0.5) is 13.2 Å². The van der Waals surface area contributed by atoms with Crippen molar-refractivity contribution in [1.82, 2.24) is 4.98 Å². The fourth-order valence-electron chi connectivity index (χ4n) is 7.01. The Balaban J connectivity index is 1.79. The maximum Gasteiger partial charge on any atom is 0.416 e. The minimum absolute atomic E-state index is 0.0232. The Morgan fingerprint density at radius 2 is 1.69 bits per heavy atom. The third-order valence-corrected chi connectivity index (χ3v) is 15.9. The molecule has 0 amide bonds. The SMILES string of the molecule is CC(C)c1nc2c(c3c1[C@@H](c1ccc(C(F)(F)F)cc1)OC31CCCCC1Br)[C@@H](O[Si-](C)(C)C(C)(C)C)CC(C)(C)C2. The second kappa shape index (κ2) is 10.7. The van der Waals surface area contributed by atoms with Crippen molar-refractivity contribution >= 4 is 24.2 Å². The zero-order chi connectivity index (χ0) is 31.0. The van der Waals surface area contributed by atoms with Gasteiger partial charge in [-0.25, -0.2) is 0 Å². The van der Waals surface area contributed by atoms with Crippen LogP contribution in [0.3, 0.4) is 0 Å². The van der Waals surface area contributed by atoms with Crippen LogP contribution >= 0.6 is 15.9 Å². The molecule has 5 rings (SSSR count). The van der Waals surface area contributed by atoms with Crippen molar-refractivity contribution in [3.05, 3.63) is 63.5 Å². The molecule has 3 aliphatic rings. The van der Waals surface area contributed by atoms with Gasteiger partial charge in [0.25, 0.3) is 0 Å². The summed E-state index contributed by atoms with van der Waals surface area (Å²) in [4.78, 5) is 5.51. The Kier molecular flexibility index (Phi) is 8.20. The number of benzene rings is 1. The van der Waals surface area contributed by atoms with E-state index >= 15 is 0 Å². The number of pyridine rings is 1. The second-order valence-corrected chi connectivity index (χ2v) is 21.3. The van der Waals surface area contributed by atoms with Crippen LogP contribution in [0.15, 0.2) is 24.3 Å². The van der Waals surface area contributed by atoms with Crippen LogP contribution in [0.2, 0.25) is 18.1 Å². The van der Waals surface area contributed by atoms with E-state index in [1.165, 1.54) is 23.3 Å². The van der Waals surface area contributed by atoms with E-state index in [0.29, 0.717) is 0 Å². The first kappa shape index (κ1) is 32.2. The maximum absolute atomic E-state index is 13.5. The summed E-state index contributed by atoms with van der Waals surface area (Å²) < 4.78 is 55.0. The lowest BCUT2D eigenvalue weighted by Crippen LogP contribution is -2.45. The summed E-state index contributed by atoms with van der Waals surface area (Å²) in [5.41, 5.74) is 5.10. The van der Waals surface area contributed by atoms with E-state index in [2.05, 4.69) is 77.5 Å². The van der Waals surface area contributed by atoms with Gasteiger partial charge in [-0.1, -0.05) is 89.4 Å². The van der Waals surface area contributed by atoms with Gasteiger partial charge in [0.2, 0.25) is 0 Å². The summed E-state index contributed by atoms with van der Waals surface area (Å²) in [6, 6.07) is 5.56. The molecule has 8 heteroatoms. The largest absolute Gasteiger partial charge is 0.559 e. The lowest BCUT2D eigenvalue weighted by atomic mass is 9.68. The molecule has 0 bridgehead atoms. The van der Waals surface area contributed by atoms with Crippen LogP contribution in [-0.4, -0.2) is 18.1 Å². The molecule has 2 unspecified atom stereocenters. The fourth-order valence-corrected chi connectivity index (χ4v) is 9.17. The molecule has 1 fully saturated rings. The van der Waals surface area contributed by atoms with Crippen LogP contribution in [0, 0.1) is 5.41 Å². The predicted octanol–water partition coefficient (Wildman–Crippen LogP) is 10.9. The molecule has 42 heavy (non-hydrogen) atoms. The fraction of sp³-hybridized carbons (Fsp3) is 0.676. The van der Waals surface area contributed by atoms with E-state index in [0.717, 1.165) is 61.0 Å². The molecule has 2 aliphatic carbocycles. The number of rotatable bonds is 4. The lowest BCUT2D eigenvalue weighted by Gasteiger charge is -2.54. The molecule has 1 aromatic heterocycles. The van der Waals surface area contributed by atoms with E-state index in [9.17, 15) is 13.2 Å². The second-order valence-electron chi connectivity index (χ2n) is 15.4. The average Bonchev–Trinajstić information content (AvgIpc) is 3.18. The van der Waals surface area contributed by atoms with Gasteiger partial charge in [0.1, 0.15) is 11.7 Å². The summed E-state index contributed by atoms with van der Waals surface area (Å²) in [7, 11) is -2.16. The third kappa shape index (κ3) is 5.56. The number of fused-ring (bicyclic) bond motifs is 4. The topological polar surface area (TPSA) is 31.4 Å². The highest BCUT2D eigenvalue weighted by molar-refractivity contribution is 9.09. The number of halogens is 4. The molecule has 1 spiro atoms. The van der Waals surface area contributed by atoms with E-state index in [1.807, 2.05) is 0 Å². The highest BCUT2D eigenvalue weighted by Gasteiger charge is 2.55. The van der Waals surface area contributed by atoms with Crippen molar-refractivity contribution in [3.63, 3.8) is 0 Å². The van der Waals surface area contributed by atoms with E-state index in [-0.39, 0.29) is 27.3 Å². The number of ether oxygens (including phenoxy) is 1. The molecular formula is C34H47BrF3NO2Si-.